The normalized spacial score (nSPS) is 12.8. The molecule has 2 N–H and O–H groups in total. The van der Waals surface area contributed by atoms with Crippen molar-refractivity contribution in [3.63, 3.8) is 0 Å². The lowest BCUT2D eigenvalue weighted by Crippen LogP contribution is -2.19. The maximum atomic E-state index is 9.15. The third-order valence-electron chi connectivity index (χ3n) is 5.32. The van der Waals surface area contributed by atoms with Crippen LogP contribution in [0.15, 0.2) is 12.2 Å². The predicted molar refractivity (Wildman–Crippen MR) is 122 cm³/mol. The molecule has 0 fully saturated rings. The van der Waals surface area contributed by atoms with Crippen LogP contribution in [0.1, 0.15) is 122 Å². The Bertz CT molecular complexity index is 304. The topological polar surface area (TPSA) is 49.7 Å². The summed E-state index contributed by atoms with van der Waals surface area (Å²) in [5.74, 6) is 0. The molecule has 0 aliphatic carbocycles. The summed E-state index contributed by atoms with van der Waals surface area (Å²) in [6, 6.07) is 0. The standard InChI is InChI=1S/C25H50O3/c1-2-3-4-5-6-7-8-9-10-11-12-13-14-15-16-17-18-19-20-21-22-28-24-25(27)23-26/h9-10,25-27H,2-8,11-24H2,1H3/b10-9-. The number of rotatable bonds is 23. The quantitative estimate of drug-likeness (QED) is 0.144. The molecule has 0 rings (SSSR count). The molecule has 1 unspecified atom stereocenters. The summed E-state index contributed by atoms with van der Waals surface area (Å²) in [4.78, 5) is 0. The highest BCUT2D eigenvalue weighted by atomic mass is 16.5. The van der Waals surface area contributed by atoms with Crippen LogP contribution in [0.25, 0.3) is 0 Å². The van der Waals surface area contributed by atoms with Gasteiger partial charge in [-0.15, -0.1) is 0 Å². The Hall–Kier alpha value is -0.380. The number of aliphatic hydroxyl groups is 2. The van der Waals surface area contributed by atoms with E-state index in [9.17, 15) is 0 Å². The summed E-state index contributed by atoms with van der Waals surface area (Å²) < 4.78 is 5.31. The zero-order valence-corrected chi connectivity index (χ0v) is 18.9. The highest BCUT2D eigenvalue weighted by Gasteiger charge is 2.00. The highest BCUT2D eigenvalue weighted by molar-refractivity contribution is 4.81. The van der Waals surface area contributed by atoms with Crippen molar-refractivity contribution in [3.05, 3.63) is 12.2 Å². The molecule has 28 heavy (non-hydrogen) atoms. The Morgan fingerprint density at radius 1 is 0.643 bits per heavy atom. The number of ether oxygens (including phenoxy) is 1. The molecular formula is C25H50O3. The van der Waals surface area contributed by atoms with Crippen LogP contribution in [0.5, 0.6) is 0 Å². The van der Waals surface area contributed by atoms with Crippen LogP contribution in [0.4, 0.5) is 0 Å². The largest absolute Gasteiger partial charge is 0.394 e. The van der Waals surface area contributed by atoms with Crippen LogP contribution in [0.3, 0.4) is 0 Å². The first kappa shape index (κ1) is 27.6. The lowest BCUT2D eigenvalue weighted by molar-refractivity contribution is 0.00526. The van der Waals surface area contributed by atoms with Gasteiger partial charge in [-0.1, -0.05) is 103 Å². The molecule has 3 nitrogen and oxygen atoms in total. The van der Waals surface area contributed by atoms with Crippen LogP contribution in [-0.2, 0) is 4.74 Å². The number of unbranched alkanes of at least 4 members (excludes halogenated alkanes) is 16. The molecule has 0 aromatic rings. The van der Waals surface area contributed by atoms with Gasteiger partial charge in [0.1, 0.15) is 6.10 Å². The molecule has 0 radical (unpaired) electrons. The van der Waals surface area contributed by atoms with E-state index in [-0.39, 0.29) is 13.2 Å². The van der Waals surface area contributed by atoms with Crippen LogP contribution < -0.4 is 0 Å². The first-order valence-corrected chi connectivity index (χ1v) is 12.3. The van der Waals surface area contributed by atoms with Crippen molar-refractivity contribution in [1.82, 2.24) is 0 Å². The third-order valence-corrected chi connectivity index (χ3v) is 5.32. The molecule has 0 bridgehead atoms. The molecule has 168 valence electrons. The van der Waals surface area contributed by atoms with Crippen LogP contribution in [-0.4, -0.2) is 36.1 Å². The van der Waals surface area contributed by atoms with Gasteiger partial charge in [0.05, 0.1) is 13.2 Å². The van der Waals surface area contributed by atoms with Gasteiger partial charge in [0.25, 0.3) is 0 Å². The molecule has 0 aliphatic rings. The Kier molecular flexibility index (Phi) is 24.3. The van der Waals surface area contributed by atoms with Crippen molar-refractivity contribution in [2.75, 3.05) is 19.8 Å². The summed E-state index contributed by atoms with van der Waals surface area (Å²) in [6.07, 6.45) is 28.2. The van der Waals surface area contributed by atoms with Crippen molar-refractivity contribution < 1.29 is 14.9 Å². The van der Waals surface area contributed by atoms with Crippen LogP contribution in [0, 0.1) is 0 Å². The van der Waals surface area contributed by atoms with Gasteiger partial charge in [-0.3, -0.25) is 0 Å². The van der Waals surface area contributed by atoms with Gasteiger partial charge in [-0.05, 0) is 32.1 Å². The Morgan fingerprint density at radius 2 is 1.07 bits per heavy atom. The lowest BCUT2D eigenvalue weighted by atomic mass is 10.1. The van der Waals surface area contributed by atoms with Gasteiger partial charge in [-0.25, -0.2) is 0 Å². The van der Waals surface area contributed by atoms with Gasteiger partial charge in [0.2, 0.25) is 0 Å². The summed E-state index contributed by atoms with van der Waals surface area (Å²) in [7, 11) is 0. The van der Waals surface area contributed by atoms with E-state index >= 15 is 0 Å². The van der Waals surface area contributed by atoms with Crippen molar-refractivity contribution in [1.29, 1.82) is 0 Å². The van der Waals surface area contributed by atoms with Gasteiger partial charge in [0, 0.05) is 6.61 Å². The second-order valence-corrected chi connectivity index (χ2v) is 8.26. The fourth-order valence-corrected chi connectivity index (χ4v) is 3.43. The molecule has 3 heteroatoms. The minimum absolute atomic E-state index is 0.212. The molecule has 0 saturated carbocycles. The van der Waals surface area contributed by atoms with Crippen molar-refractivity contribution in [3.8, 4) is 0 Å². The second kappa shape index (κ2) is 24.7. The zero-order valence-electron chi connectivity index (χ0n) is 18.9. The van der Waals surface area contributed by atoms with Crippen LogP contribution in [0.2, 0.25) is 0 Å². The fraction of sp³-hybridized carbons (Fsp3) is 0.920. The van der Waals surface area contributed by atoms with Crippen molar-refractivity contribution in [2.24, 2.45) is 0 Å². The summed E-state index contributed by atoms with van der Waals surface area (Å²) in [5.41, 5.74) is 0. The minimum atomic E-state index is -0.721. The average Bonchev–Trinajstić information content (AvgIpc) is 2.71. The minimum Gasteiger partial charge on any atom is -0.394 e. The second-order valence-electron chi connectivity index (χ2n) is 8.26. The first-order valence-electron chi connectivity index (χ1n) is 12.3. The Labute approximate surface area is 176 Å². The first-order chi connectivity index (χ1) is 13.8. The highest BCUT2D eigenvalue weighted by Crippen LogP contribution is 2.12. The van der Waals surface area contributed by atoms with E-state index in [0.717, 1.165) is 6.42 Å². The van der Waals surface area contributed by atoms with Crippen LogP contribution >= 0.6 is 0 Å². The summed E-state index contributed by atoms with van der Waals surface area (Å²) in [6.45, 7) is 3.02. The van der Waals surface area contributed by atoms with E-state index in [0.29, 0.717) is 6.61 Å². The monoisotopic (exact) mass is 398 g/mol. The maximum Gasteiger partial charge on any atom is 0.100 e. The Morgan fingerprint density at radius 3 is 1.54 bits per heavy atom. The summed E-state index contributed by atoms with van der Waals surface area (Å²) in [5, 5.41) is 17.8. The zero-order chi connectivity index (χ0) is 20.5. The van der Waals surface area contributed by atoms with Gasteiger partial charge >= 0.3 is 0 Å². The van der Waals surface area contributed by atoms with Crippen molar-refractivity contribution >= 4 is 0 Å². The molecule has 0 aromatic heterocycles. The molecular weight excluding hydrogens is 348 g/mol. The molecule has 0 spiro atoms. The van der Waals surface area contributed by atoms with Crippen molar-refractivity contribution in [2.45, 2.75) is 129 Å². The van der Waals surface area contributed by atoms with E-state index in [1.807, 2.05) is 0 Å². The van der Waals surface area contributed by atoms with Gasteiger partial charge in [-0.2, -0.15) is 0 Å². The SMILES string of the molecule is CCCCCCCC/C=C\CCCCCCCCCCCCOCC(O)CO. The number of allylic oxidation sites excluding steroid dienone is 2. The smallest absolute Gasteiger partial charge is 0.100 e. The fourth-order valence-electron chi connectivity index (χ4n) is 3.43. The molecule has 0 saturated heterocycles. The van der Waals surface area contributed by atoms with E-state index in [4.69, 9.17) is 14.9 Å². The van der Waals surface area contributed by atoms with Gasteiger partial charge < -0.3 is 14.9 Å². The maximum absolute atomic E-state index is 9.15. The molecule has 1 atom stereocenters. The Balaban J connectivity index is 3.07. The van der Waals surface area contributed by atoms with E-state index in [1.54, 1.807) is 0 Å². The summed E-state index contributed by atoms with van der Waals surface area (Å²) >= 11 is 0. The molecule has 0 heterocycles. The lowest BCUT2D eigenvalue weighted by Gasteiger charge is -2.08. The van der Waals surface area contributed by atoms with Gasteiger partial charge in [0.15, 0.2) is 0 Å². The molecule has 0 aliphatic heterocycles. The molecule has 0 amide bonds. The predicted octanol–water partition coefficient (Wildman–Crippen LogP) is 6.95. The van der Waals surface area contributed by atoms with E-state index < -0.39 is 6.10 Å². The number of hydrogen-bond acceptors (Lipinski definition) is 3. The number of hydrogen-bond donors (Lipinski definition) is 2. The number of aliphatic hydroxyl groups excluding tert-OH is 2. The molecule has 0 aromatic carbocycles. The average molecular weight is 399 g/mol. The van der Waals surface area contributed by atoms with E-state index in [2.05, 4.69) is 19.1 Å². The van der Waals surface area contributed by atoms with E-state index in [1.165, 1.54) is 109 Å². The third kappa shape index (κ3) is 23.7.